The molecule has 1 N–H and O–H groups in total. The third-order valence-electron chi connectivity index (χ3n) is 5.38. The van der Waals surface area contributed by atoms with Gasteiger partial charge in [-0.2, -0.15) is 0 Å². The zero-order valence-corrected chi connectivity index (χ0v) is 15.2. The van der Waals surface area contributed by atoms with Crippen LogP contribution in [0.25, 0.3) is 5.65 Å². The summed E-state index contributed by atoms with van der Waals surface area (Å²) in [7, 11) is 0. The fourth-order valence-electron chi connectivity index (χ4n) is 3.78. The number of rotatable bonds is 3. The van der Waals surface area contributed by atoms with E-state index in [0.29, 0.717) is 38.5 Å². The molecule has 2 fully saturated rings. The van der Waals surface area contributed by atoms with Crippen molar-refractivity contribution in [3.63, 3.8) is 0 Å². The summed E-state index contributed by atoms with van der Waals surface area (Å²) >= 11 is 0. The summed E-state index contributed by atoms with van der Waals surface area (Å²) in [5, 5.41) is 9.76. The van der Waals surface area contributed by atoms with E-state index in [4.69, 9.17) is 9.72 Å². The van der Waals surface area contributed by atoms with E-state index in [1.54, 1.807) is 0 Å². The van der Waals surface area contributed by atoms with Crippen molar-refractivity contribution in [1.29, 1.82) is 0 Å². The number of amides is 1. The number of piperidine rings is 1. The average molecular weight is 358 g/mol. The molecule has 7 heteroatoms. The minimum atomic E-state index is -0.204. The quantitative estimate of drug-likeness (QED) is 0.889. The lowest BCUT2D eigenvalue weighted by molar-refractivity contribution is 0.0297. The standard InChI is InChI=1S/C19H26N4O3/c1-14-3-2-6-23-16(13-21-7-4-15(24)5-8-21)17(20-18(14)23)19(25)22-9-11-26-12-10-22/h2-3,6,15,24H,4-5,7-13H2,1H3. The monoisotopic (exact) mass is 358 g/mol. The van der Waals surface area contributed by atoms with Crippen LogP contribution < -0.4 is 0 Å². The van der Waals surface area contributed by atoms with Gasteiger partial charge in [0.15, 0.2) is 5.69 Å². The number of carbonyl (C=O) groups is 1. The number of pyridine rings is 1. The molecule has 0 bridgehead atoms. The number of hydrogen-bond donors (Lipinski definition) is 1. The molecule has 2 aliphatic heterocycles. The van der Waals surface area contributed by atoms with Crippen LogP contribution in [0.15, 0.2) is 18.3 Å². The molecule has 2 aromatic heterocycles. The van der Waals surface area contributed by atoms with E-state index < -0.39 is 0 Å². The molecule has 140 valence electrons. The number of aliphatic hydroxyl groups excluding tert-OH is 1. The van der Waals surface area contributed by atoms with Gasteiger partial charge in [0, 0.05) is 38.9 Å². The number of aryl methyl sites for hydroxylation is 1. The number of hydrogen-bond acceptors (Lipinski definition) is 5. The molecule has 2 aromatic rings. The maximum atomic E-state index is 13.1. The van der Waals surface area contributed by atoms with E-state index in [1.165, 1.54) is 0 Å². The second-order valence-electron chi connectivity index (χ2n) is 7.20. The highest BCUT2D eigenvalue weighted by Gasteiger charge is 2.27. The molecule has 2 saturated heterocycles. The molecule has 4 rings (SSSR count). The van der Waals surface area contributed by atoms with Crippen LogP contribution in [0.4, 0.5) is 0 Å². The average Bonchev–Trinajstić information content (AvgIpc) is 3.04. The van der Waals surface area contributed by atoms with Crippen molar-refractivity contribution >= 4 is 11.6 Å². The Bertz CT molecular complexity index is 789. The lowest BCUT2D eigenvalue weighted by atomic mass is 10.1. The summed E-state index contributed by atoms with van der Waals surface area (Å²) < 4.78 is 7.42. The van der Waals surface area contributed by atoms with Gasteiger partial charge in [-0.1, -0.05) is 6.07 Å². The number of carbonyl (C=O) groups excluding carboxylic acids is 1. The molecule has 26 heavy (non-hydrogen) atoms. The largest absolute Gasteiger partial charge is 0.393 e. The van der Waals surface area contributed by atoms with Crippen LogP contribution in [0.5, 0.6) is 0 Å². The summed E-state index contributed by atoms with van der Waals surface area (Å²) in [4.78, 5) is 22.0. The molecule has 1 amide bonds. The zero-order valence-electron chi connectivity index (χ0n) is 15.2. The van der Waals surface area contributed by atoms with Gasteiger partial charge < -0.3 is 19.1 Å². The third-order valence-corrected chi connectivity index (χ3v) is 5.38. The fourth-order valence-corrected chi connectivity index (χ4v) is 3.78. The maximum absolute atomic E-state index is 13.1. The predicted octanol–water partition coefficient (Wildman–Crippen LogP) is 1.07. The number of fused-ring (bicyclic) bond motifs is 1. The lowest BCUT2D eigenvalue weighted by Crippen LogP contribution is -2.41. The number of imidazole rings is 1. The Hall–Kier alpha value is -1.96. The second kappa shape index (κ2) is 7.34. The molecule has 0 aromatic carbocycles. The van der Waals surface area contributed by atoms with Gasteiger partial charge in [0.05, 0.1) is 25.0 Å². The molecule has 2 aliphatic rings. The highest BCUT2D eigenvalue weighted by atomic mass is 16.5. The fraction of sp³-hybridized carbons (Fsp3) is 0.579. The molecule has 0 unspecified atom stereocenters. The number of nitrogens with zero attached hydrogens (tertiary/aromatic N) is 4. The minimum absolute atomic E-state index is 0.0107. The molecule has 7 nitrogen and oxygen atoms in total. The van der Waals surface area contributed by atoms with E-state index in [2.05, 4.69) is 4.90 Å². The van der Waals surface area contributed by atoms with Crippen molar-refractivity contribution < 1.29 is 14.6 Å². The van der Waals surface area contributed by atoms with Crippen LogP contribution in [-0.4, -0.2) is 75.7 Å². The van der Waals surface area contributed by atoms with E-state index in [1.807, 2.05) is 34.6 Å². The number of morpholine rings is 1. The Balaban J connectivity index is 1.68. The van der Waals surface area contributed by atoms with Crippen molar-refractivity contribution in [3.05, 3.63) is 35.3 Å². The van der Waals surface area contributed by atoms with Gasteiger partial charge in [-0.3, -0.25) is 9.69 Å². The molecular formula is C19H26N4O3. The zero-order chi connectivity index (χ0) is 18.1. The maximum Gasteiger partial charge on any atom is 0.274 e. The van der Waals surface area contributed by atoms with Crippen LogP contribution in [0.3, 0.4) is 0 Å². The summed E-state index contributed by atoms with van der Waals surface area (Å²) in [6, 6.07) is 4.02. The summed E-state index contributed by atoms with van der Waals surface area (Å²) in [6.45, 7) is 6.75. The van der Waals surface area contributed by atoms with E-state index in [9.17, 15) is 9.90 Å². The van der Waals surface area contributed by atoms with E-state index in [-0.39, 0.29) is 12.0 Å². The summed E-state index contributed by atoms with van der Waals surface area (Å²) in [5.41, 5.74) is 3.39. The van der Waals surface area contributed by atoms with Crippen molar-refractivity contribution in [3.8, 4) is 0 Å². The van der Waals surface area contributed by atoms with Gasteiger partial charge in [-0.15, -0.1) is 0 Å². The predicted molar refractivity (Wildman–Crippen MR) is 97.2 cm³/mol. The van der Waals surface area contributed by atoms with Gasteiger partial charge in [0.1, 0.15) is 5.65 Å². The Morgan fingerprint density at radius 2 is 2.00 bits per heavy atom. The first-order valence-corrected chi connectivity index (χ1v) is 9.37. The number of aromatic nitrogens is 2. The highest BCUT2D eigenvalue weighted by molar-refractivity contribution is 5.94. The molecular weight excluding hydrogens is 332 g/mol. The van der Waals surface area contributed by atoms with Crippen LogP contribution >= 0.6 is 0 Å². The number of likely N-dealkylation sites (tertiary alicyclic amines) is 1. The van der Waals surface area contributed by atoms with Crippen molar-refractivity contribution in [2.45, 2.75) is 32.4 Å². The Kier molecular flexibility index (Phi) is 4.93. The Labute approximate surface area is 153 Å². The Morgan fingerprint density at radius 3 is 2.73 bits per heavy atom. The first-order chi connectivity index (χ1) is 12.6. The van der Waals surface area contributed by atoms with Crippen molar-refractivity contribution in [2.24, 2.45) is 0 Å². The van der Waals surface area contributed by atoms with Gasteiger partial charge in [-0.05, 0) is 31.4 Å². The van der Waals surface area contributed by atoms with Crippen molar-refractivity contribution in [2.75, 3.05) is 39.4 Å². The first-order valence-electron chi connectivity index (χ1n) is 9.37. The lowest BCUT2D eigenvalue weighted by Gasteiger charge is -2.30. The van der Waals surface area contributed by atoms with Crippen LogP contribution in [-0.2, 0) is 11.3 Å². The van der Waals surface area contributed by atoms with Gasteiger partial charge in [0.25, 0.3) is 5.91 Å². The summed E-state index contributed by atoms with van der Waals surface area (Å²) in [6.07, 6.45) is 3.34. The number of ether oxygens (including phenoxy) is 1. The van der Waals surface area contributed by atoms with Crippen LogP contribution in [0.1, 0.15) is 34.6 Å². The van der Waals surface area contributed by atoms with Gasteiger partial charge >= 0.3 is 0 Å². The van der Waals surface area contributed by atoms with E-state index in [0.717, 1.165) is 42.8 Å². The molecule has 0 radical (unpaired) electrons. The van der Waals surface area contributed by atoms with Gasteiger partial charge in [-0.25, -0.2) is 4.98 Å². The minimum Gasteiger partial charge on any atom is -0.393 e. The van der Waals surface area contributed by atoms with Crippen LogP contribution in [0, 0.1) is 6.92 Å². The first kappa shape index (κ1) is 17.5. The molecule has 0 spiro atoms. The smallest absolute Gasteiger partial charge is 0.274 e. The molecule has 0 aliphatic carbocycles. The van der Waals surface area contributed by atoms with Gasteiger partial charge in [0.2, 0.25) is 0 Å². The Morgan fingerprint density at radius 1 is 1.27 bits per heavy atom. The topological polar surface area (TPSA) is 70.3 Å². The third kappa shape index (κ3) is 3.34. The molecule has 0 saturated carbocycles. The number of aliphatic hydroxyl groups is 1. The summed E-state index contributed by atoms with van der Waals surface area (Å²) in [5.74, 6) is -0.0107. The highest BCUT2D eigenvalue weighted by Crippen LogP contribution is 2.21. The SMILES string of the molecule is Cc1cccn2c(CN3CCC(O)CC3)c(C(=O)N3CCOCC3)nc12. The molecule has 0 atom stereocenters. The van der Waals surface area contributed by atoms with Crippen molar-refractivity contribution in [1.82, 2.24) is 19.2 Å². The molecule has 4 heterocycles. The van der Waals surface area contributed by atoms with E-state index >= 15 is 0 Å². The normalized spacial score (nSPS) is 20.0. The second-order valence-corrected chi connectivity index (χ2v) is 7.20. The van der Waals surface area contributed by atoms with Crippen LogP contribution in [0.2, 0.25) is 0 Å².